The molecule has 4 aromatic carbocycles. The molecule has 0 saturated heterocycles. The van der Waals surface area contributed by atoms with Gasteiger partial charge in [-0.05, 0) is 198 Å². The number of rotatable bonds is 16. The molecule has 4 nitrogen and oxygen atoms in total. The SMILES string of the molecule is Cc1ccc(-c2cc(C)c(CC(C)C)c[n+]2C)c(C)c1.Cc1ccccc1-c1cc(CC(C)C)c(CC(C)C)c[n+]1C.[2H]C([2H])([2H])c1ccc(-c2cc(C)c(C([2H])([2H])C(C)C)c[n+]2C)c(C)c1.[2H]C([2H])(c1cc(-c2ccccc2C)[n+](C)cc1C([2H])([2H])C(C)C)C(C)C. The molecule has 0 fully saturated rings. The lowest BCUT2D eigenvalue weighted by Crippen LogP contribution is -2.32. The maximum atomic E-state index is 8.66. The van der Waals surface area contributed by atoms with Crippen LogP contribution in [-0.2, 0) is 66.6 Å². The highest BCUT2D eigenvalue weighted by Gasteiger charge is 2.22. The van der Waals surface area contributed by atoms with Gasteiger partial charge in [0.05, 0.1) is 0 Å². The van der Waals surface area contributed by atoms with Crippen LogP contribution >= 0.6 is 0 Å². The third kappa shape index (κ3) is 19.8. The number of aryl methyl sites for hydroxylation is 12. The summed E-state index contributed by atoms with van der Waals surface area (Å²) in [6, 6.07) is 37.1. The van der Waals surface area contributed by atoms with E-state index < -0.39 is 26.0 Å². The Morgan fingerprint density at radius 3 is 1.08 bits per heavy atom. The summed E-state index contributed by atoms with van der Waals surface area (Å²) in [5.74, 6) is 1.42. The molecule has 0 amide bonds. The molecule has 4 heterocycles. The van der Waals surface area contributed by atoms with Gasteiger partial charge in [-0.1, -0.05) is 155 Å². The lowest BCUT2D eigenvalue weighted by molar-refractivity contribution is -0.661. The van der Waals surface area contributed by atoms with Gasteiger partial charge >= 0.3 is 0 Å². The first-order valence-electron chi connectivity index (χ1n) is 35.4. The Morgan fingerprint density at radius 2 is 0.643 bits per heavy atom. The van der Waals surface area contributed by atoms with Gasteiger partial charge in [0.25, 0.3) is 0 Å². The van der Waals surface area contributed by atoms with Crippen molar-refractivity contribution in [2.45, 2.75) is 177 Å². The molecule has 0 aliphatic rings. The van der Waals surface area contributed by atoms with Crippen molar-refractivity contribution >= 4 is 0 Å². The van der Waals surface area contributed by atoms with Gasteiger partial charge in [-0.3, -0.25) is 0 Å². The minimum atomic E-state index is -2.11. The van der Waals surface area contributed by atoms with Crippen molar-refractivity contribution in [3.63, 3.8) is 0 Å². The van der Waals surface area contributed by atoms with Gasteiger partial charge in [0.1, 0.15) is 28.2 Å². The van der Waals surface area contributed by atoms with Crippen LogP contribution in [0.5, 0.6) is 0 Å². The number of benzene rings is 4. The van der Waals surface area contributed by atoms with Crippen LogP contribution in [0.25, 0.3) is 45.0 Å². The average Bonchev–Trinajstić information content (AvgIpc) is 0.765. The molecule has 8 aromatic rings. The Kier molecular flexibility index (Phi) is 20.8. The maximum Gasteiger partial charge on any atom is 0.212 e. The van der Waals surface area contributed by atoms with Crippen LogP contribution in [0.2, 0.25) is 0 Å². The summed E-state index contributed by atoms with van der Waals surface area (Å²) in [5.41, 5.74) is 23.8. The Balaban J connectivity index is 0.000000226. The zero-order valence-electron chi connectivity index (χ0n) is 65.1. The number of aromatic nitrogens is 4. The van der Waals surface area contributed by atoms with Gasteiger partial charge in [0.15, 0.2) is 24.8 Å². The van der Waals surface area contributed by atoms with Crippen molar-refractivity contribution in [3.8, 4) is 45.0 Å². The molecular weight excluding hydrogens is 1020 g/mol. The van der Waals surface area contributed by atoms with E-state index in [9.17, 15) is 0 Å². The number of nitrogens with zero attached hydrogens (tertiary/aromatic N) is 4. The monoisotopic (exact) mass is 1140 g/mol. The average molecular weight is 1140 g/mol. The van der Waals surface area contributed by atoms with Crippen molar-refractivity contribution in [3.05, 3.63) is 212 Å². The van der Waals surface area contributed by atoms with E-state index in [1.54, 1.807) is 18.3 Å². The molecule has 0 spiro atoms. The van der Waals surface area contributed by atoms with Crippen molar-refractivity contribution in [2.75, 3.05) is 0 Å². The quantitative estimate of drug-likeness (QED) is 0.0857. The summed E-state index contributed by atoms with van der Waals surface area (Å²) < 4.78 is 82.2. The molecule has 0 atom stereocenters. The van der Waals surface area contributed by atoms with Crippen LogP contribution in [0.1, 0.15) is 173 Å². The molecule has 0 saturated carbocycles. The standard InChI is InChI=1S/2C21H30N.2C19H26N/c2*1-15(2)11-18-13-21(20-10-8-7-9-17(20)5)22(6)14-19(18)12-16(3)4;2*1-13(2)9-17-12-20(6)19(11-15(17)4)18-8-7-14(3)10-16(18)5/h2*7-10,13-16H,11-12H2,1-6H3;2*7-8,10-13H,9H2,1-6H3/q4*+1/i11D2,12D2;;3D3,9D2;. The molecule has 4 aromatic heterocycles. The molecule has 0 unspecified atom stereocenters. The molecular formula is C80H112N4+4. The predicted octanol–water partition coefficient (Wildman–Crippen LogP) is 18.4. The van der Waals surface area contributed by atoms with Crippen molar-refractivity contribution in [1.29, 1.82) is 0 Å². The number of pyridine rings is 4. The van der Waals surface area contributed by atoms with Crippen molar-refractivity contribution in [2.24, 2.45) is 63.7 Å². The molecule has 448 valence electrons. The van der Waals surface area contributed by atoms with Gasteiger partial charge in [-0.2, -0.15) is 0 Å². The largest absolute Gasteiger partial charge is 0.212 e. The summed E-state index contributed by atoms with van der Waals surface area (Å²) in [4.78, 5) is 0. The Hall–Kier alpha value is -6.52. The van der Waals surface area contributed by atoms with E-state index in [4.69, 9.17) is 12.3 Å². The second-order valence-electron chi connectivity index (χ2n) is 25.9. The predicted molar refractivity (Wildman–Crippen MR) is 361 cm³/mol. The van der Waals surface area contributed by atoms with E-state index in [2.05, 4.69) is 159 Å². The van der Waals surface area contributed by atoms with Crippen molar-refractivity contribution in [1.82, 2.24) is 0 Å². The Morgan fingerprint density at radius 1 is 0.310 bits per heavy atom. The van der Waals surface area contributed by atoms with Crippen LogP contribution in [-0.4, -0.2) is 0 Å². The van der Waals surface area contributed by atoms with Gasteiger partial charge in [0.2, 0.25) is 22.8 Å². The van der Waals surface area contributed by atoms with Crippen molar-refractivity contribution < 1.29 is 30.6 Å². The Labute approximate surface area is 525 Å². The third-order valence-corrected chi connectivity index (χ3v) is 15.0. The summed E-state index contributed by atoms with van der Waals surface area (Å²) in [5, 5.41) is 0. The second-order valence-corrected chi connectivity index (χ2v) is 25.9. The zero-order valence-corrected chi connectivity index (χ0v) is 56.1. The third-order valence-electron chi connectivity index (χ3n) is 15.0. The van der Waals surface area contributed by atoms with E-state index in [1.165, 1.54) is 61.5 Å². The van der Waals surface area contributed by atoms with Crippen LogP contribution < -0.4 is 18.3 Å². The van der Waals surface area contributed by atoms with Gasteiger partial charge < -0.3 is 0 Å². The first kappa shape index (κ1) is 55.4. The van der Waals surface area contributed by atoms with Crippen LogP contribution in [0, 0.1) is 90.8 Å². The van der Waals surface area contributed by atoms with Crippen LogP contribution in [0.15, 0.2) is 134 Å². The van der Waals surface area contributed by atoms with E-state index in [-0.39, 0.29) is 17.8 Å². The normalized spacial score (nSPS) is 13.6. The second kappa shape index (κ2) is 31.6. The van der Waals surface area contributed by atoms with E-state index in [1.807, 2.05) is 134 Å². The van der Waals surface area contributed by atoms with Gasteiger partial charge in [-0.25, -0.2) is 18.3 Å². The molecule has 0 bridgehead atoms. The molecule has 8 rings (SSSR count). The molecule has 0 aliphatic heterocycles. The van der Waals surface area contributed by atoms with Crippen LogP contribution in [0.3, 0.4) is 0 Å². The highest BCUT2D eigenvalue weighted by Crippen LogP contribution is 2.29. The minimum Gasteiger partial charge on any atom is -0.201 e. The van der Waals surface area contributed by atoms with Gasteiger partial charge in [-0.15, -0.1) is 0 Å². The summed E-state index contributed by atoms with van der Waals surface area (Å²) >= 11 is 0. The summed E-state index contributed by atoms with van der Waals surface area (Å²) in [6.45, 7) is 37.4. The highest BCUT2D eigenvalue weighted by molar-refractivity contribution is 5.65. The molecule has 0 radical (unpaired) electrons. The summed E-state index contributed by atoms with van der Waals surface area (Å²) in [6.07, 6.45) is 7.09. The number of hydrogen-bond donors (Lipinski definition) is 0. The lowest BCUT2D eigenvalue weighted by atomic mass is 9.92. The molecule has 0 aliphatic carbocycles. The Bertz CT molecular complexity index is 3850. The molecule has 4 heteroatoms. The highest BCUT2D eigenvalue weighted by atomic mass is 14.9. The zero-order chi connectivity index (χ0) is 70.2. The van der Waals surface area contributed by atoms with E-state index >= 15 is 0 Å². The fraction of sp³-hybridized carbons (Fsp3) is 0.450. The smallest absolute Gasteiger partial charge is 0.201 e. The fourth-order valence-electron chi connectivity index (χ4n) is 11.0. The topological polar surface area (TPSA) is 15.5 Å². The molecule has 0 N–H and O–H groups in total. The first-order chi connectivity index (χ1) is 43.0. The van der Waals surface area contributed by atoms with Gasteiger partial charge in [0, 0.05) is 81.1 Å². The fourth-order valence-corrected chi connectivity index (χ4v) is 11.0. The molecule has 84 heavy (non-hydrogen) atoms. The minimum absolute atomic E-state index is 0.127. The summed E-state index contributed by atoms with van der Waals surface area (Å²) in [7, 11) is 8.12. The first-order valence-corrected chi connectivity index (χ1v) is 30.9. The van der Waals surface area contributed by atoms with Crippen LogP contribution in [0.4, 0.5) is 0 Å². The number of hydrogen-bond acceptors (Lipinski definition) is 0. The van der Waals surface area contributed by atoms with E-state index in [0.29, 0.717) is 40.0 Å². The lowest BCUT2D eigenvalue weighted by Gasteiger charge is -2.14. The maximum absolute atomic E-state index is 8.66. The van der Waals surface area contributed by atoms with E-state index in [0.717, 1.165) is 58.5 Å².